The lowest BCUT2D eigenvalue weighted by molar-refractivity contribution is 1.01. The van der Waals surface area contributed by atoms with Crippen LogP contribution in [0.5, 0.6) is 0 Å². The third-order valence-corrected chi connectivity index (χ3v) is 2.60. The number of anilines is 1. The first-order valence-corrected chi connectivity index (χ1v) is 5.67. The molecular formula is C12H13ClN4. The number of rotatable bonds is 3. The minimum absolute atomic E-state index is 0.450. The molecule has 0 aliphatic rings. The number of hydrogen-bond donors (Lipinski definition) is 1. The van der Waals surface area contributed by atoms with E-state index in [-0.39, 0.29) is 0 Å². The number of hydrogen-bond acceptors (Lipinski definition) is 4. The van der Waals surface area contributed by atoms with Crippen LogP contribution in [0, 0.1) is 13.8 Å². The van der Waals surface area contributed by atoms with Crippen LogP contribution in [0.25, 0.3) is 0 Å². The van der Waals surface area contributed by atoms with Crippen molar-refractivity contribution < 1.29 is 0 Å². The van der Waals surface area contributed by atoms with E-state index in [1.165, 1.54) is 5.56 Å². The highest BCUT2D eigenvalue weighted by molar-refractivity contribution is 6.29. The van der Waals surface area contributed by atoms with Gasteiger partial charge in [-0.15, -0.1) is 0 Å². The van der Waals surface area contributed by atoms with Gasteiger partial charge in [-0.1, -0.05) is 11.6 Å². The SMILES string of the molecule is Cc1nc(Cl)cc(NCc2ccncc2C)n1. The Hall–Kier alpha value is -1.68. The zero-order valence-corrected chi connectivity index (χ0v) is 10.5. The minimum Gasteiger partial charge on any atom is -0.366 e. The highest BCUT2D eigenvalue weighted by atomic mass is 35.5. The fourth-order valence-corrected chi connectivity index (χ4v) is 1.73. The third kappa shape index (κ3) is 3.14. The van der Waals surface area contributed by atoms with Crippen LogP contribution in [0.3, 0.4) is 0 Å². The molecule has 0 atom stereocenters. The molecule has 0 bridgehead atoms. The van der Waals surface area contributed by atoms with E-state index in [4.69, 9.17) is 11.6 Å². The molecule has 0 aliphatic heterocycles. The van der Waals surface area contributed by atoms with Gasteiger partial charge < -0.3 is 5.32 Å². The highest BCUT2D eigenvalue weighted by Gasteiger charge is 2.01. The first-order valence-electron chi connectivity index (χ1n) is 5.29. The molecule has 2 aromatic rings. The number of pyridine rings is 1. The summed E-state index contributed by atoms with van der Waals surface area (Å²) >= 11 is 5.86. The Bertz CT molecular complexity index is 507. The van der Waals surface area contributed by atoms with E-state index < -0.39 is 0 Å². The first kappa shape index (κ1) is 11.8. The predicted molar refractivity (Wildman–Crippen MR) is 68.1 cm³/mol. The monoisotopic (exact) mass is 248 g/mol. The first-order chi connectivity index (χ1) is 8.15. The number of halogens is 1. The van der Waals surface area contributed by atoms with Crippen molar-refractivity contribution in [3.05, 3.63) is 46.6 Å². The molecule has 0 unspecified atom stereocenters. The molecule has 17 heavy (non-hydrogen) atoms. The van der Waals surface area contributed by atoms with E-state index in [9.17, 15) is 0 Å². The average molecular weight is 249 g/mol. The zero-order valence-electron chi connectivity index (χ0n) is 9.74. The molecule has 2 heterocycles. The van der Waals surface area contributed by atoms with Crippen LogP contribution in [0.2, 0.25) is 5.15 Å². The average Bonchev–Trinajstić information content (AvgIpc) is 2.27. The Morgan fingerprint density at radius 2 is 2.12 bits per heavy atom. The summed E-state index contributed by atoms with van der Waals surface area (Å²) in [5, 5.41) is 3.67. The maximum Gasteiger partial charge on any atom is 0.134 e. The fraction of sp³-hybridized carbons (Fsp3) is 0.250. The van der Waals surface area contributed by atoms with Crippen molar-refractivity contribution in [1.82, 2.24) is 15.0 Å². The van der Waals surface area contributed by atoms with Crippen molar-refractivity contribution in [2.24, 2.45) is 0 Å². The van der Waals surface area contributed by atoms with Gasteiger partial charge in [0.25, 0.3) is 0 Å². The van der Waals surface area contributed by atoms with Gasteiger partial charge in [-0.05, 0) is 31.0 Å². The topological polar surface area (TPSA) is 50.7 Å². The minimum atomic E-state index is 0.450. The zero-order chi connectivity index (χ0) is 12.3. The van der Waals surface area contributed by atoms with E-state index in [0.717, 1.165) is 11.4 Å². The summed E-state index contributed by atoms with van der Waals surface area (Å²) in [6.07, 6.45) is 3.62. The summed E-state index contributed by atoms with van der Waals surface area (Å²) in [5.41, 5.74) is 2.34. The summed E-state index contributed by atoms with van der Waals surface area (Å²) in [4.78, 5) is 12.3. The summed E-state index contributed by atoms with van der Waals surface area (Å²) in [6, 6.07) is 3.70. The molecule has 0 aromatic carbocycles. The van der Waals surface area contributed by atoms with Gasteiger partial charge in [0.1, 0.15) is 16.8 Å². The molecule has 4 nitrogen and oxygen atoms in total. The Kier molecular flexibility index (Phi) is 3.54. The van der Waals surface area contributed by atoms with Gasteiger partial charge >= 0.3 is 0 Å². The Morgan fingerprint density at radius 3 is 2.82 bits per heavy atom. The maximum atomic E-state index is 5.86. The lowest BCUT2D eigenvalue weighted by atomic mass is 10.1. The van der Waals surface area contributed by atoms with E-state index >= 15 is 0 Å². The molecule has 2 aromatic heterocycles. The molecule has 0 spiro atoms. The molecule has 0 aliphatic carbocycles. The van der Waals surface area contributed by atoms with Crippen LogP contribution in [0.1, 0.15) is 17.0 Å². The van der Waals surface area contributed by atoms with E-state index in [2.05, 4.69) is 20.3 Å². The maximum absolute atomic E-state index is 5.86. The van der Waals surface area contributed by atoms with Gasteiger partial charge in [0.2, 0.25) is 0 Å². The Balaban J connectivity index is 2.10. The number of aryl methyl sites for hydroxylation is 2. The van der Waals surface area contributed by atoms with E-state index in [1.807, 2.05) is 26.1 Å². The predicted octanol–water partition coefficient (Wildman–Crippen LogP) is 2.75. The van der Waals surface area contributed by atoms with Crippen LogP contribution >= 0.6 is 11.6 Å². The third-order valence-electron chi connectivity index (χ3n) is 2.40. The number of nitrogens with one attached hydrogen (secondary N) is 1. The highest BCUT2D eigenvalue weighted by Crippen LogP contribution is 2.13. The van der Waals surface area contributed by atoms with Crippen molar-refractivity contribution in [3.63, 3.8) is 0 Å². The Morgan fingerprint density at radius 1 is 1.29 bits per heavy atom. The van der Waals surface area contributed by atoms with Gasteiger partial charge in [0, 0.05) is 25.0 Å². The molecule has 0 amide bonds. The van der Waals surface area contributed by atoms with Crippen LogP contribution in [0.15, 0.2) is 24.5 Å². The summed E-state index contributed by atoms with van der Waals surface area (Å²) in [6.45, 7) is 4.54. The van der Waals surface area contributed by atoms with Crippen LogP contribution in [0.4, 0.5) is 5.82 Å². The van der Waals surface area contributed by atoms with Gasteiger partial charge in [-0.2, -0.15) is 0 Å². The molecule has 0 radical (unpaired) electrons. The summed E-state index contributed by atoms with van der Waals surface area (Å²) in [5.74, 6) is 1.39. The van der Waals surface area contributed by atoms with Gasteiger partial charge in [0.05, 0.1) is 0 Å². The van der Waals surface area contributed by atoms with Crippen molar-refractivity contribution >= 4 is 17.4 Å². The van der Waals surface area contributed by atoms with Gasteiger partial charge in [-0.25, -0.2) is 9.97 Å². The van der Waals surface area contributed by atoms with Gasteiger partial charge in [-0.3, -0.25) is 4.98 Å². The largest absolute Gasteiger partial charge is 0.366 e. The molecular weight excluding hydrogens is 236 g/mol. The second-order valence-corrected chi connectivity index (χ2v) is 4.17. The lowest BCUT2D eigenvalue weighted by Gasteiger charge is -2.08. The summed E-state index contributed by atoms with van der Waals surface area (Å²) in [7, 11) is 0. The van der Waals surface area contributed by atoms with Crippen molar-refractivity contribution in [2.75, 3.05) is 5.32 Å². The standard InChI is InChI=1S/C12H13ClN4/c1-8-6-14-4-3-10(8)7-15-12-5-11(13)16-9(2)17-12/h3-6H,7H2,1-2H3,(H,15,16,17). The van der Waals surface area contributed by atoms with E-state index in [1.54, 1.807) is 12.3 Å². The fourth-order valence-electron chi connectivity index (χ4n) is 1.51. The molecule has 0 saturated carbocycles. The quantitative estimate of drug-likeness (QED) is 0.849. The molecule has 0 saturated heterocycles. The van der Waals surface area contributed by atoms with Crippen molar-refractivity contribution in [3.8, 4) is 0 Å². The van der Waals surface area contributed by atoms with Crippen LogP contribution < -0.4 is 5.32 Å². The normalized spacial score (nSPS) is 10.3. The van der Waals surface area contributed by atoms with Crippen LogP contribution in [-0.4, -0.2) is 15.0 Å². The van der Waals surface area contributed by atoms with Gasteiger partial charge in [0.15, 0.2) is 0 Å². The summed E-state index contributed by atoms with van der Waals surface area (Å²) < 4.78 is 0. The molecule has 2 rings (SSSR count). The van der Waals surface area contributed by atoms with Crippen LogP contribution in [-0.2, 0) is 6.54 Å². The smallest absolute Gasteiger partial charge is 0.134 e. The Labute approximate surface area is 105 Å². The molecule has 0 fully saturated rings. The second-order valence-electron chi connectivity index (χ2n) is 3.78. The lowest BCUT2D eigenvalue weighted by Crippen LogP contribution is -2.04. The van der Waals surface area contributed by atoms with Crippen molar-refractivity contribution in [2.45, 2.75) is 20.4 Å². The van der Waals surface area contributed by atoms with E-state index in [0.29, 0.717) is 17.5 Å². The van der Waals surface area contributed by atoms with Crippen molar-refractivity contribution in [1.29, 1.82) is 0 Å². The number of nitrogens with zero attached hydrogens (tertiary/aromatic N) is 3. The number of aromatic nitrogens is 3. The molecule has 88 valence electrons. The molecule has 1 N–H and O–H groups in total. The second kappa shape index (κ2) is 5.10. The molecule has 5 heteroatoms.